The van der Waals surface area contributed by atoms with Crippen molar-refractivity contribution < 1.29 is 4.21 Å². The van der Waals surface area contributed by atoms with E-state index in [-0.39, 0.29) is 6.04 Å². The Morgan fingerprint density at radius 2 is 2.18 bits per heavy atom. The van der Waals surface area contributed by atoms with E-state index in [1.165, 1.54) is 11.1 Å². The SMILES string of the molecule is CCn1cc([C@@H]2C[S@](=O)CCN2CCc2ccncc2)cn1. The predicted molar refractivity (Wildman–Crippen MR) is 88.0 cm³/mol. The van der Waals surface area contributed by atoms with Gasteiger partial charge in [0.15, 0.2) is 0 Å². The Morgan fingerprint density at radius 1 is 1.36 bits per heavy atom. The summed E-state index contributed by atoms with van der Waals surface area (Å²) < 4.78 is 13.9. The minimum absolute atomic E-state index is 0.219. The molecular formula is C16H22N4OS. The lowest BCUT2D eigenvalue weighted by Gasteiger charge is -2.34. The fourth-order valence-corrected chi connectivity index (χ4v) is 4.22. The van der Waals surface area contributed by atoms with Gasteiger partial charge in [0.2, 0.25) is 0 Å². The maximum Gasteiger partial charge on any atom is 0.0538 e. The van der Waals surface area contributed by atoms with Gasteiger partial charge in [-0.25, -0.2) is 0 Å². The van der Waals surface area contributed by atoms with Gasteiger partial charge in [0.1, 0.15) is 0 Å². The summed E-state index contributed by atoms with van der Waals surface area (Å²) in [4.78, 5) is 6.50. The highest BCUT2D eigenvalue weighted by molar-refractivity contribution is 7.85. The van der Waals surface area contributed by atoms with Crippen molar-refractivity contribution in [2.75, 3.05) is 24.6 Å². The summed E-state index contributed by atoms with van der Waals surface area (Å²) in [6.45, 7) is 4.81. The van der Waals surface area contributed by atoms with Crippen LogP contribution in [0, 0.1) is 0 Å². The summed E-state index contributed by atoms with van der Waals surface area (Å²) in [5.74, 6) is 1.49. The molecule has 1 saturated heterocycles. The van der Waals surface area contributed by atoms with Crippen LogP contribution in [-0.2, 0) is 23.8 Å². The van der Waals surface area contributed by atoms with Crippen LogP contribution in [0.1, 0.15) is 24.1 Å². The van der Waals surface area contributed by atoms with Crippen molar-refractivity contribution in [2.24, 2.45) is 0 Å². The van der Waals surface area contributed by atoms with E-state index < -0.39 is 10.8 Å². The first-order chi connectivity index (χ1) is 10.8. The molecule has 0 saturated carbocycles. The van der Waals surface area contributed by atoms with Crippen molar-refractivity contribution in [1.29, 1.82) is 0 Å². The van der Waals surface area contributed by atoms with Crippen molar-refractivity contribution in [1.82, 2.24) is 19.7 Å². The smallest absolute Gasteiger partial charge is 0.0538 e. The van der Waals surface area contributed by atoms with Crippen LogP contribution < -0.4 is 0 Å². The molecule has 6 heteroatoms. The van der Waals surface area contributed by atoms with Crippen LogP contribution in [-0.4, -0.2) is 48.5 Å². The van der Waals surface area contributed by atoms with Gasteiger partial charge in [0.05, 0.1) is 6.20 Å². The molecule has 0 spiro atoms. The van der Waals surface area contributed by atoms with Crippen molar-refractivity contribution in [3.63, 3.8) is 0 Å². The van der Waals surface area contributed by atoms with Gasteiger partial charge >= 0.3 is 0 Å². The fraction of sp³-hybridized carbons (Fsp3) is 0.500. The summed E-state index contributed by atoms with van der Waals surface area (Å²) in [6.07, 6.45) is 8.68. The van der Waals surface area contributed by atoms with Crippen molar-refractivity contribution >= 4 is 10.8 Å². The molecule has 0 unspecified atom stereocenters. The molecule has 2 aromatic heterocycles. The van der Waals surface area contributed by atoms with E-state index in [1.54, 1.807) is 0 Å². The van der Waals surface area contributed by atoms with E-state index in [9.17, 15) is 4.21 Å². The van der Waals surface area contributed by atoms with Gasteiger partial charge in [-0.3, -0.25) is 18.8 Å². The van der Waals surface area contributed by atoms with E-state index >= 15 is 0 Å². The van der Waals surface area contributed by atoms with Gasteiger partial charge in [-0.2, -0.15) is 5.10 Å². The summed E-state index contributed by atoms with van der Waals surface area (Å²) in [7, 11) is -0.721. The first-order valence-corrected chi connectivity index (χ1v) is 9.25. The number of nitrogens with zero attached hydrogens (tertiary/aromatic N) is 4. The van der Waals surface area contributed by atoms with Gasteiger partial charge in [-0.15, -0.1) is 0 Å². The minimum atomic E-state index is -0.721. The number of hydrogen-bond donors (Lipinski definition) is 0. The molecule has 5 nitrogen and oxygen atoms in total. The lowest BCUT2D eigenvalue weighted by molar-refractivity contribution is 0.221. The molecule has 0 amide bonds. The van der Waals surface area contributed by atoms with Gasteiger partial charge in [-0.05, 0) is 31.0 Å². The number of pyridine rings is 1. The van der Waals surface area contributed by atoms with Crippen molar-refractivity contribution in [3.8, 4) is 0 Å². The largest absolute Gasteiger partial charge is 0.294 e. The summed E-state index contributed by atoms with van der Waals surface area (Å²) in [6, 6.07) is 4.34. The number of aryl methyl sites for hydroxylation is 1. The summed E-state index contributed by atoms with van der Waals surface area (Å²) in [5.41, 5.74) is 2.48. The third-order valence-electron chi connectivity index (χ3n) is 4.19. The van der Waals surface area contributed by atoms with Crippen molar-refractivity contribution in [2.45, 2.75) is 25.9 Å². The van der Waals surface area contributed by atoms with Crippen LogP contribution in [0.15, 0.2) is 36.9 Å². The second kappa shape index (κ2) is 7.15. The van der Waals surface area contributed by atoms with Gasteiger partial charge < -0.3 is 0 Å². The topological polar surface area (TPSA) is 51.0 Å². The highest BCUT2D eigenvalue weighted by Crippen LogP contribution is 2.25. The molecular weight excluding hydrogens is 296 g/mol. The average molecular weight is 318 g/mol. The predicted octanol–water partition coefficient (Wildman–Crippen LogP) is 1.65. The third kappa shape index (κ3) is 3.62. The normalized spacial score (nSPS) is 22.8. The zero-order valence-corrected chi connectivity index (χ0v) is 13.7. The lowest BCUT2D eigenvalue weighted by atomic mass is 10.1. The maximum absolute atomic E-state index is 12.0. The van der Waals surface area contributed by atoms with Gasteiger partial charge in [0.25, 0.3) is 0 Å². The van der Waals surface area contributed by atoms with E-state index in [4.69, 9.17) is 0 Å². The Labute approximate surface area is 133 Å². The molecule has 0 bridgehead atoms. The number of hydrogen-bond acceptors (Lipinski definition) is 4. The molecule has 1 fully saturated rings. The van der Waals surface area contributed by atoms with Gasteiger partial charge in [-0.1, -0.05) is 0 Å². The molecule has 3 heterocycles. The van der Waals surface area contributed by atoms with E-state index in [2.05, 4.69) is 40.2 Å². The van der Waals surface area contributed by atoms with Crippen LogP contribution in [0.3, 0.4) is 0 Å². The van der Waals surface area contributed by atoms with E-state index in [1.807, 2.05) is 23.3 Å². The Bertz CT molecular complexity index is 628. The molecule has 22 heavy (non-hydrogen) atoms. The average Bonchev–Trinajstić information content (AvgIpc) is 3.03. The Hall–Kier alpha value is -1.53. The minimum Gasteiger partial charge on any atom is -0.294 e. The highest BCUT2D eigenvalue weighted by atomic mass is 32.2. The Morgan fingerprint density at radius 3 is 2.91 bits per heavy atom. The second-order valence-electron chi connectivity index (χ2n) is 5.60. The summed E-state index contributed by atoms with van der Waals surface area (Å²) >= 11 is 0. The van der Waals surface area contributed by atoms with Crippen LogP contribution in [0.2, 0.25) is 0 Å². The molecule has 2 atom stereocenters. The van der Waals surface area contributed by atoms with Crippen molar-refractivity contribution in [3.05, 3.63) is 48.0 Å². The molecule has 2 aromatic rings. The highest BCUT2D eigenvalue weighted by Gasteiger charge is 2.28. The van der Waals surface area contributed by atoms with Crippen LogP contribution in [0.5, 0.6) is 0 Å². The maximum atomic E-state index is 12.0. The van der Waals surface area contributed by atoms with Crippen LogP contribution in [0.4, 0.5) is 0 Å². The fourth-order valence-electron chi connectivity index (χ4n) is 2.86. The number of rotatable bonds is 5. The van der Waals surface area contributed by atoms with Crippen LogP contribution >= 0.6 is 0 Å². The van der Waals surface area contributed by atoms with E-state index in [0.717, 1.165) is 31.8 Å². The molecule has 3 rings (SSSR count). The molecule has 1 aliphatic heterocycles. The third-order valence-corrected chi connectivity index (χ3v) is 5.52. The number of aromatic nitrogens is 3. The molecule has 0 aliphatic carbocycles. The molecule has 0 radical (unpaired) electrons. The quantitative estimate of drug-likeness (QED) is 0.841. The molecule has 0 N–H and O–H groups in total. The van der Waals surface area contributed by atoms with Gasteiger partial charge in [0, 0.05) is 72.1 Å². The lowest BCUT2D eigenvalue weighted by Crippen LogP contribution is -2.41. The van der Waals surface area contributed by atoms with E-state index in [0.29, 0.717) is 5.75 Å². The Kier molecular flexibility index (Phi) is 5.00. The zero-order valence-electron chi connectivity index (χ0n) is 12.9. The zero-order chi connectivity index (χ0) is 15.4. The monoisotopic (exact) mass is 318 g/mol. The molecule has 0 aromatic carbocycles. The molecule has 118 valence electrons. The molecule has 1 aliphatic rings. The first kappa shape index (κ1) is 15.4. The van der Waals surface area contributed by atoms with Crippen LogP contribution in [0.25, 0.3) is 0 Å². The summed E-state index contributed by atoms with van der Waals surface area (Å²) in [5, 5.41) is 4.37. The first-order valence-electron chi connectivity index (χ1n) is 7.76. The standard InChI is InChI=1S/C16H22N4OS/c1-2-20-12-15(11-18-20)16-13-22(21)10-9-19(16)8-5-14-3-6-17-7-4-14/h3-4,6-7,11-12,16H,2,5,8-10,13H2,1H3/t16-,22+/m0/s1. The Balaban J connectivity index is 1.71. The second-order valence-corrected chi connectivity index (χ2v) is 7.22.